The monoisotopic (exact) mass is 234 g/mol. The zero-order valence-electron chi connectivity index (χ0n) is 10.3. The minimum absolute atomic E-state index is 0.285. The zero-order valence-corrected chi connectivity index (χ0v) is 11.1. The van der Waals surface area contributed by atoms with Gasteiger partial charge < -0.3 is 5.32 Å². The molecule has 0 radical (unpaired) electrons. The first kappa shape index (κ1) is 11.4. The second-order valence-corrected chi connectivity index (χ2v) is 6.44. The molecule has 0 atom stereocenters. The average Bonchev–Trinajstić information content (AvgIpc) is 2.55. The summed E-state index contributed by atoms with van der Waals surface area (Å²) in [6, 6.07) is 6.41. The third-order valence-electron chi connectivity index (χ3n) is 2.31. The zero-order chi connectivity index (χ0) is 11.8. The van der Waals surface area contributed by atoms with Crippen LogP contribution in [0.5, 0.6) is 0 Å². The van der Waals surface area contributed by atoms with Crippen LogP contribution < -0.4 is 5.32 Å². The Balaban J connectivity index is 2.20. The van der Waals surface area contributed by atoms with Crippen molar-refractivity contribution in [2.45, 2.75) is 27.7 Å². The van der Waals surface area contributed by atoms with Crippen LogP contribution in [0.3, 0.4) is 0 Å². The molecule has 1 heterocycles. The summed E-state index contributed by atoms with van der Waals surface area (Å²) in [6.07, 6.45) is 0. The van der Waals surface area contributed by atoms with Crippen molar-refractivity contribution in [2.75, 3.05) is 11.9 Å². The standard InChI is InChI=1S/C13H18N2S/c1-9-5-6-11-10(7-9)15-12(16-11)14-8-13(2,3)4/h5-7H,8H2,1-4H3,(H,14,15). The fraction of sp³-hybridized carbons (Fsp3) is 0.462. The lowest BCUT2D eigenvalue weighted by Gasteiger charge is -2.17. The lowest BCUT2D eigenvalue weighted by molar-refractivity contribution is 0.443. The topological polar surface area (TPSA) is 24.9 Å². The molecule has 2 rings (SSSR count). The fourth-order valence-corrected chi connectivity index (χ4v) is 2.30. The van der Waals surface area contributed by atoms with Crippen LogP contribution in [0, 0.1) is 12.3 Å². The van der Waals surface area contributed by atoms with Gasteiger partial charge in [0.15, 0.2) is 5.13 Å². The summed E-state index contributed by atoms with van der Waals surface area (Å²) in [5.74, 6) is 0. The normalized spacial score (nSPS) is 12.0. The van der Waals surface area contributed by atoms with E-state index < -0.39 is 0 Å². The minimum Gasteiger partial charge on any atom is -0.361 e. The maximum atomic E-state index is 4.58. The number of aryl methyl sites for hydroxylation is 1. The van der Waals surface area contributed by atoms with E-state index in [0.29, 0.717) is 0 Å². The van der Waals surface area contributed by atoms with Crippen LogP contribution in [0.25, 0.3) is 10.2 Å². The third kappa shape index (κ3) is 2.73. The van der Waals surface area contributed by atoms with E-state index >= 15 is 0 Å². The van der Waals surface area contributed by atoms with Gasteiger partial charge in [0.05, 0.1) is 10.2 Å². The molecule has 0 aliphatic rings. The number of nitrogens with zero attached hydrogens (tertiary/aromatic N) is 1. The van der Waals surface area contributed by atoms with E-state index in [1.807, 2.05) is 0 Å². The molecule has 2 aromatic rings. The van der Waals surface area contributed by atoms with Gasteiger partial charge in [0.25, 0.3) is 0 Å². The molecule has 2 nitrogen and oxygen atoms in total. The fourth-order valence-electron chi connectivity index (χ4n) is 1.45. The van der Waals surface area contributed by atoms with Gasteiger partial charge in [0.2, 0.25) is 0 Å². The second-order valence-electron chi connectivity index (χ2n) is 5.40. The number of nitrogens with one attached hydrogen (secondary N) is 1. The molecule has 16 heavy (non-hydrogen) atoms. The number of anilines is 1. The summed E-state index contributed by atoms with van der Waals surface area (Å²) >= 11 is 1.72. The molecule has 0 aliphatic heterocycles. The lowest BCUT2D eigenvalue weighted by Crippen LogP contribution is -2.18. The van der Waals surface area contributed by atoms with Crippen molar-refractivity contribution in [1.29, 1.82) is 0 Å². The van der Waals surface area contributed by atoms with Crippen molar-refractivity contribution in [3.8, 4) is 0 Å². The van der Waals surface area contributed by atoms with Crippen molar-refractivity contribution in [3.63, 3.8) is 0 Å². The first-order valence-corrected chi connectivity index (χ1v) is 6.37. The molecule has 0 spiro atoms. The van der Waals surface area contributed by atoms with Crippen LogP contribution >= 0.6 is 11.3 Å². The number of hydrogen-bond donors (Lipinski definition) is 1. The number of rotatable bonds is 2. The van der Waals surface area contributed by atoms with E-state index in [1.165, 1.54) is 10.3 Å². The summed E-state index contributed by atoms with van der Waals surface area (Å²) < 4.78 is 1.25. The Labute approximate surface area is 101 Å². The summed E-state index contributed by atoms with van der Waals surface area (Å²) in [6.45, 7) is 9.71. The van der Waals surface area contributed by atoms with Gasteiger partial charge in [-0.15, -0.1) is 0 Å². The van der Waals surface area contributed by atoms with E-state index in [2.05, 4.69) is 56.2 Å². The van der Waals surface area contributed by atoms with Gasteiger partial charge in [-0.2, -0.15) is 0 Å². The second kappa shape index (κ2) is 4.06. The minimum atomic E-state index is 0.285. The first-order valence-electron chi connectivity index (χ1n) is 5.55. The number of aromatic nitrogens is 1. The molecule has 1 N–H and O–H groups in total. The van der Waals surface area contributed by atoms with E-state index in [4.69, 9.17) is 0 Å². The van der Waals surface area contributed by atoms with Crippen LogP contribution in [0.4, 0.5) is 5.13 Å². The molecule has 86 valence electrons. The smallest absolute Gasteiger partial charge is 0.183 e. The van der Waals surface area contributed by atoms with Crippen LogP contribution in [-0.4, -0.2) is 11.5 Å². The molecule has 0 unspecified atom stereocenters. The molecule has 0 saturated carbocycles. The molecule has 1 aromatic carbocycles. The van der Waals surface area contributed by atoms with E-state index in [0.717, 1.165) is 17.2 Å². The van der Waals surface area contributed by atoms with Crippen molar-refractivity contribution in [2.24, 2.45) is 5.41 Å². The predicted octanol–water partition coefficient (Wildman–Crippen LogP) is 4.06. The van der Waals surface area contributed by atoms with Gasteiger partial charge in [-0.05, 0) is 30.0 Å². The molecule has 0 fully saturated rings. The molecule has 1 aromatic heterocycles. The first-order chi connectivity index (χ1) is 7.44. The van der Waals surface area contributed by atoms with Crippen molar-refractivity contribution in [1.82, 2.24) is 4.98 Å². The Hall–Kier alpha value is -1.09. The van der Waals surface area contributed by atoms with Gasteiger partial charge in [0.1, 0.15) is 0 Å². The summed E-state index contributed by atoms with van der Waals surface area (Å²) in [4.78, 5) is 4.58. The largest absolute Gasteiger partial charge is 0.361 e. The van der Waals surface area contributed by atoms with Gasteiger partial charge >= 0.3 is 0 Å². The van der Waals surface area contributed by atoms with Gasteiger partial charge in [0, 0.05) is 6.54 Å². The SMILES string of the molecule is Cc1ccc2sc(NCC(C)(C)C)nc2c1. The number of hydrogen-bond acceptors (Lipinski definition) is 3. The number of benzene rings is 1. The summed E-state index contributed by atoms with van der Waals surface area (Å²) in [7, 11) is 0. The van der Waals surface area contributed by atoms with E-state index in [9.17, 15) is 0 Å². The molecular weight excluding hydrogens is 216 g/mol. The van der Waals surface area contributed by atoms with E-state index in [-0.39, 0.29) is 5.41 Å². The Kier molecular flexibility index (Phi) is 2.89. The van der Waals surface area contributed by atoms with Crippen LogP contribution in [0.15, 0.2) is 18.2 Å². The van der Waals surface area contributed by atoms with Crippen molar-refractivity contribution < 1.29 is 0 Å². The maximum absolute atomic E-state index is 4.58. The molecule has 0 amide bonds. The molecule has 0 bridgehead atoms. The van der Waals surface area contributed by atoms with Gasteiger partial charge in [-0.3, -0.25) is 0 Å². The van der Waals surface area contributed by atoms with Crippen LogP contribution in [-0.2, 0) is 0 Å². The summed E-state index contributed by atoms with van der Waals surface area (Å²) in [5, 5.41) is 4.42. The van der Waals surface area contributed by atoms with Crippen molar-refractivity contribution in [3.05, 3.63) is 23.8 Å². The summed E-state index contributed by atoms with van der Waals surface area (Å²) in [5.41, 5.74) is 2.65. The van der Waals surface area contributed by atoms with Crippen molar-refractivity contribution >= 4 is 26.7 Å². The maximum Gasteiger partial charge on any atom is 0.183 e. The molecule has 3 heteroatoms. The van der Waals surface area contributed by atoms with Crippen LogP contribution in [0.1, 0.15) is 26.3 Å². The Morgan fingerprint density at radius 2 is 2.06 bits per heavy atom. The third-order valence-corrected chi connectivity index (χ3v) is 3.31. The van der Waals surface area contributed by atoms with E-state index in [1.54, 1.807) is 11.3 Å². The lowest BCUT2D eigenvalue weighted by atomic mass is 9.97. The van der Waals surface area contributed by atoms with Gasteiger partial charge in [-0.1, -0.05) is 38.2 Å². The Morgan fingerprint density at radius 1 is 1.31 bits per heavy atom. The quantitative estimate of drug-likeness (QED) is 0.847. The highest BCUT2D eigenvalue weighted by Crippen LogP contribution is 2.27. The van der Waals surface area contributed by atoms with Crippen LogP contribution in [0.2, 0.25) is 0 Å². The highest BCUT2D eigenvalue weighted by molar-refractivity contribution is 7.22. The Bertz CT molecular complexity index is 494. The molecule has 0 aliphatic carbocycles. The highest BCUT2D eigenvalue weighted by atomic mass is 32.1. The number of fused-ring (bicyclic) bond motifs is 1. The molecule has 0 saturated heterocycles. The molecular formula is C13H18N2S. The Morgan fingerprint density at radius 3 is 2.75 bits per heavy atom. The number of thiazole rings is 1. The predicted molar refractivity (Wildman–Crippen MR) is 72.3 cm³/mol. The average molecular weight is 234 g/mol. The van der Waals surface area contributed by atoms with Gasteiger partial charge in [-0.25, -0.2) is 4.98 Å². The highest BCUT2D eigenvalue weighted by Gasteiger charge is 2.11.